The lowest BCUT2D eigenvalue weighted by Crippen LogP contribution is -2.74. The van der Waals surface area contributed by atoms with Crippen LogP contribution in [0.25, 0.3) is 0 Å². The number of nitrogens with one attached hydrogen (secondary N) is 1. The van der Waals surface area contributed by atoms with Gasteiger partial charge >= 0.3 is 0 Å². The second kappa shape index (κ2) is 24.5. The monoisotopic (exact) mass is 880 g/mol. The summed E-state index contributed by atoms with van der Waals surface area (Å²) in [5.41, 5.74) is 4.69. The Bertz CT molecular complexity index is 1170. The number of nitrogens with zero attached hydrogens (tertiary/aromatic N) is 7. The van der Waals surface area contributed by atoms with Crippen molar-refractivity contribution in [2.45, 2.75) is 161 Å². The number of quaternary nitrogens is 1. The lowest BCUT2D eigenvalue weighted by Gasteiger charge is -2.51. The molecule has 0 amide bonds. The summed E-state index contributed by atoms with van der Waals surface area (Å²) < 4.78 is 38.6. The third-order valence-electron chi connectivity index (χ3n) is 14.7. The molecule has 0 aromatic heterocycles. The largest absolute Gasteiger partial charge is 0.379 e. The molecule has 362 valence electrons. The minimum absolute atomic E-state index is 0.146. The summed E-state index contributed by atoms with van der Waals surface area (Å²) in [6.45, 7) is 45.6. The van der Waals surface area contributed by atoms with Gasteiger partial charge in [-0.2, -0.15) is 5.43 Å². The highest BCUT2D eigenvalue weighted by Gasteiger charge is 2.45. The lowest BCUT2D eigenvalue weighted by molar-refractivity contribution is -0.974. The topological polar surface area (TPSA) is 86.9 Å². The first-order chi connectivity index (χ1) is 29.7. The molecule has 10 unspecified atom stereocenters. The van der Waals surface area contributed by atoms with Gasteiger partial charge in [0.1, 0.15) is 19.6 Å². The van der Waals surface area contributed by atoms with Gasteiger partial charge in [-0.1, -0.05) is 13.8 Å². The molecule has 14 nitrogen and oxygen atoms in total. The summed E-state index contributed by atoms with van der Waals surface area (Å²) >= 11 is 0. The van der Waals surface area contributed by atoms with Crippen molar-refractivity contribution in [2.75, 3.05) is 151 Å². The van der Waals surface area contributed by atoms with Crippen LogP contribution in [0.15, 0.2) is 0 Å². The van der Waals surface area contributed by atoms with Crippen LogP contribution in [0, 0.1) is 0 Å². The highest BCUT2D eigenvalue weighted by atomic mass is 16.5. The molecule has 0 bridgehead atoms. The molecule has 0 aromatic carbocycles. The molecule has 6 aliphatic heterocycles. The van der Waals surface area contributed by atoms with Gasteiger partial charge in [-0.15, -0.1) is 0 Å². The lowest BCUT2D eigenvalue weighted by atomic mass is 9.89. The predicted octanol–water partition coefficient (Wildman–Crippen LogP) is 3.49. The summed E-state index contributed by atoms with van der Waals surface area (Å²) in [6.07, 6.45) is 6.85. The molecule has 6 heterocycles. The molecule has 6 saturated heterocycles. The Hall–Kier alpha value is -0.560. The molecule has 10 atom stereocenters. The van der Waals surface area contributed by atoms with Crippen LogP contribution in [0.4, 0.5) is 0 Å². The Morgan fingerprint density at radius 1 is 0.435 bits per heavy atom. The van der Waals surface area contributed by atoms with E-state index in [2.05, 4.69) is 98.6 Å². The van der Waals surface area contributed by atoms with E-state index in [1.165, 1.54) is 0 Å². The fraction of sp³-hybridized carbons (Fsp3) is 1.00. The first-order valence-corrected chi connectivity index (χ1v) is 25.5. The van der Waals surface area contributed by atoms with Gasteiger partial charge < -0.3 is 28.4 Å². The van der Waals surface area contributed by atoms with Gasteiger partial charge in [-0.25, -0.2) is 4.59 Å². The Morgan fingerprint density at radius 2 is 0.758 bits per heavy atom. The molecule has 6 aliphatic rings. The minimum Gasteiger partial charge on any atom is -0.379 e. The fourth-order valence-corrected chi connectivity index (χ4v) is 11.9. The van der Waals surface area contributed by atoms with E-state index < -0.39 is 0 Å². The molecule has 1 N–H and O–H groups in total. The van der Waals surface area contributed by atoms with Crippen LogP contribution in [-0.4, -0.2) is 251 Å². The zero-order chi connectivity index (χ0) is 44.3. The predicted molar refractivity (Wildman–Crippen MR) is 249 cm³/mol. The van der Waals surface area contributed by atoms with Crippen molar-refractivity contribution in [1.82, 2.24) is 34.8 Å². The highest BCUT2D eigenvalue weighted by molar-refractivity contribution is 4.94. The van der Waals surface area contributed by atoms with Gasteiger partial charge in [-0.05, 0) is 81.1 Å². The maximum atomic E-state index is 6.57. The van der Waals surface area contributed by atoms with E-state index in [9.17, 15) is 0 Å². The van der Waals surface area contributed by atoms with Gasteiger partial charge in [0.05, 0.1) is 79.8 Å². The number of hydrogen-bond acceptors (Lipinski definition) is 13. The highest BCUT2D eigenvalue weighted by Crippen LogP contribution is 2.28. The van der Waals surface area contributed by atoms with E-state index in [-0.39, 0.29) is 54.4 Å². The van der Waals surface area contributed by atoms with E-state index in [1.807, 2.05) is 0 Å². The SMILES string of the molecule is CCC1CN(CC[N+](CCN2CC(C)OC(C)C2)(CCN2CC(C)OC(C)C2)NC(CCN2CC(C)OC(C)C2)(CCN2CC(C)OC(C)C2)CN2CCOCC2)CC(CC)O1. The molecular formula is C48H95N8O6+. The van der Waals surface area contributed by atoms with Gasteiger partial charge in [0, 0.05) is 118 Å². The summed E-state index contributed by atoms with van der Waals surface area (Å²) in [4.78, 5) is 16.3. The first kappa shape index (κ1) is 50.8. The summed E-state index contributed by atoms with van der Waals surface area (Å²) in [5.74, 6) is 0. The Balaban J connectivity index is 1.39. The van der Waals surface area contributed by atoms with Crippen LogP contribution in [-0.2, 0) is 28.4 Å². The standard InChI is InChI=1S/C48H95N8O6/c1-11-46-35-55(36-47(12-2)62-46)19-24-56(22-17-53-31-42(7)60-43(8)32-53,23-18-54-33-44(9)61-45(10)34-54)49-48(37-50-20-25-57-26-21-50,13-15-51-27-38(3)58-39(4)28-51)14-16-52-29-40(5)59-41(6)30-52/h38-47,49H,11-37H2,1-10H3/q+1. The van der Waals surface area contributed by atoms with Crippen LogP contribution in [0.1, 0.15) is 94.9 Å². The quantitative estimate of drug-likeness (QED) is 0.135. The van der Waals surface area contributed by atoms with Crippen molar-refractivity contribution < 1.29 is 33.0 Å². The molecule has 0 spiro atoms. The number of rotatable bonds is 21. The van der Waals surface area contributed by atoms with Crippen molar-refractivity contribution in [1.29, 1.82) is 0 Å². The fourth-order valence-electron chi connectivity index (χ4n) is 11.9. The van der Waals surface area contributed by atoms with Crippen LogP contribution < -0.4 is 5.43 Å². The molecule has 0 saturated carbocycles. The summed E-state index contributed by atoms with van der Waals surface area (Å²) in [7, 11) is 0. The third-order valence-corrected chi connectivity index (χ3v) is 14.7. The summed E-state index contributed by atoms with van der Waals surface area (Å²) in [6, 6.07) is 0. The zero-order valence-electron chi connectivity index (χ0n) is 41.4. The molecule has 0 aliphatic carbocycles. The van der Waals surface area contributed by atoms with Gasteiger partial charge in [0.15, 0.2) is 0 Å². The van der Waals surface area contributed by atoms with E-state index in [1.54, 1.807) is 0 Å². The molecule has 6 rings (SSSR count). The van der Waals surface area contributed by atoms with E-state index in [0.717, 1.165) is 181 Å². The Kier molecular flexibility index (Phi) is 20.1. The maximum Gasteiger partial charge on any atom is 0.109 e. The van der Waals surface area contributed by atoms with Crippen molar-refractivity contribution in [3.8, 4) is 0 Å². The Morgan fingerprint density at radius 3 is 1.10 bits per heavy atom. The third kappa shape index (κ3) is 16.1. The second-order valence-corrected chi connectivity index (χ2v) is 21.1. The van der Waals surface area contributed by atoms with Gasteiger partial charge in [0.2, 0.25) is 0 Å². The Labute approximate surface area is 379 Å². The molecule has 14 heteroatoms. The van der Waals surface area contributed by atoms with Crippen LogP contribution >= 0.6 is 0 Å². The van der Waals surface area contributed by atoms with Crippen molar-refractivity contribution >= 4 is 0 Å². The van der Waals surface area contributed by atoms with Gasteiger partial charge in [-0.3, -0.25) is 29.4 Å². The summed E-state index contributed by atoms with van der Waals surface area (Å²) in [5, 5.41) is 0. The van der Waals surface area contributed by atoms with E-state index in [0.29, 0.717) is 12.2 Å². The first-order valence-electron chi connectivity index (χ1n) is 25.5. The average Bonchev–Trinajstić information content (AvgIpc) is 3.21. The van der Waals surface area contributed by atoms with Crippen LogP contribution in [0.5, 0.6) is 0 Å². The van der Waals surface area contributed by atoms with E-state index >= 15 is 0 Å². The molecule has 6 fully saturated rings. The molecular weight excluding hydrogens is 785 g/mol. The van der Waals surface area contributed by atoms with E-state index in [4.69, 9.17) is 33.8 Å². The average molecular weight is 880 g/mol. The van der Waals surface area contributed by atoms with Crippen LogP contribution in [0.3, 0.4) is 0 Å². The molecule has 62 heavy (non-hydrogen) atoms. The number of hydrogen-bond donors (Lipinski definition) is 1. The molecule has 0 aromatic rings. The van der Waals surface area contributed by atoms with Crippen molar-refractivity contribution in [3.05, 3.63) is 0 Å². The van der Waals surface area contributed by atoms with Gasteiger partial charge in [0.25, 0.3) is 0 Å². The number of ether oxygens (including phenoxy) is 6. The minimum atomic E-state index is -0.146. The molecule has 0 radical (unpaired) electrons. The zero-order valence-corrected chi connectivity index (χ0v) is 41.4. The smallest absolute Gasteiger partial charge is 0.109 e. The normalized spacial score (nSPS) is 36.7. The second-order valence-electron chi connectivity index (χ2n) is 21.1. The van der Waals surface area contributed by atoms with Crippen molar-refractivity contribution in [2.24, 2.45) is 0 Å². The maximum absolute atomic E-state index is 6.57. The number of morpholine rings is 6. The van der Waals surface area contributed by atoms with Crippen molar-refractivity contribution in [3.63, 3.8) is 0 Å². The van der Waals surface area contributed by atoms with Crippen LogP contribution in [0.2, 0.25) is 0 Å².